The molecule has 16 heavy (non-hydrogen) atoms. The molecule has 0 amide bonds. The van der Waals surface area contributed by atoms with Gasteiger partial charge < -0.3 is 10.9 Å². The highest BCUT2D eigenvalue weighted by Crippen LogP contribution is 2.03. The van der Waals surface area contributed by atoms with Crippen molar-refractivity contribution in [1.82, 2.24) is 14.8 Å². The molecule has 0 radical (unpaired) electrons. The van der Waals surface area contributed by atoms with Crippen LogP contribution in [-0.4, -0.2) is 25.8 Å². The molecular weight excluding hydrogens is 206 g/mol. The lowest BCUT2D eigenvalue weighted by Crippen LogP contribution is -2.15. The number of amidine groups is 1. The predicted octanol–water partition coefficient (Wildman–Crippen LogP) is 0.421. The molecule has 2 heterocycles. The topological polar surface area (TPSA) is 89.3 Å². The van der Waals surface area contributed by atoms with Crippen molar-refractivity contribution in [3.05, 3.63) is 48.0 Å². The van der Waals surface area contributed by atoms with E-state index in [1.54, 1.807) is 23.1 Å². The van der Waals surface area contributed by atoms with E-state index in [2.05, 4.69) is 15.2 Å². The number of rotatable bonds is 3. The summed E-state index contributed by atoms with van der Waals surface area (Å²) in [6, 6.07) is 5.47. The van der Waals surface area contributed by atoms with Gasteiger partial charge in [0.05, 0.1) is 6.54 Å². The first-order valence-electron chi connectivity index (χ1n) is 4.70. The van der Waals surface area contributed by atoms with E-state index in [1.165, 1.54) is 0 Å². The second-order valence-corrected chi connectivity index (χ2v) is 3.24. The Balaban J connectivity index is 2.23. The summed E-state index contributed by atoms with van der Waals surface area (Å²) in [5, 5.41) is 15.5. The third-order valence-corrected chi connectivity index (χ3v) is 2.10. The minimum atomic E-state index is 0.00214. The van der Waals surface area contributed by atoms with Crippen molar-refractivity contribution in [3.63, 3.8) is 0 Å². The minimum Gasteiger partial charge on any atom is -0.409 e. The molecule has 0 aliphatic heterocycles. The molecule has 0 fully saturated rings. The molecule has 6 heteroatoms. The molecule has 2 aromatic heterocycles. The highest BCUT2D eigenvalue weighted by Gasteiger charge is 2.02. The molecule has 0 atom stereocenters. The van der Waals surface area contributed by atoms with Gasteiger partial charge in [-0.25, -0.2) is 0 Å². The molecule has 0 aromatic carbocycles. The molecule has 2 aromatic rings. The van der Waals surface area contributed by atoms with Crippen LogP contribution in [0.5, 0.6) is 0 Å². The minimum absolute atomic E-state index is 0.00214. The molecule has 2 rings (SSSR count). The average Bonchev–Trinajstić information content (AvgIpc) is 2.81. The van der Waals surface area contributed by atoms with Crippen LogP contribution in [0.3, 0.4) is 0 Å². The van der Waals surface area contributed by atoms with Crippen molar-refractivity contribution in [3.8, 4) is 0 Å². The van der Waals surface area contributed by atoms with E-state index in [1.807, 2.05) is 18.3 Å². The molecule has 6 nitrogen and oxygen atoms in total. The quantitative estimate of drug-likeness (QED) is 0.337. The van der Waals surface area contributed by atoms with Gasteiger partial charge in [-0.1, -0.05) is 5.16 Å². The fourth-order valence-electron chi connectivity index (χ4n) is 1.34. The fraction of sp³-hybridized carbons (Fsp3) is 0.100. The highest BCUT2D eigenvalue weighted by molar-refractivity contribution is 5.95. The van der Waals surface area contributed by atoms with Crippen molar-refractivity contribution in [2.75, 3.05) is 0 Å². The number of hydrogen-bond acceptors (Lipinski definition) is 4. The van der Waals surface area contributed by atoms with Gasteiger partial charge in [-0.05, 0) is 23.8 Å². The van der Waals surface area contributed by atoms with Gasteiger partial charge in [0.15, 0.2) is 5.84 Å². The summed E-state index contributed by atoms with van der Waals surface area (Å²) in [5.74, 6) is 0.00214. The molecule has 0 saturated carbocycles. The van der Waals surface area contributed by atoms with Crippen LogP contribution in [-0.2, 0) is 6.54 Å². The zero-order valence-corrected chi connectivity index (χ0v) is 8.48. The van der Waals surface area contributed by atoms with E-state index in [9.17, 15) is 0 Å². The summed E-state index contributed by atoms with van der Waals surface area (Å²) in [6.45, 7) is 0.626. The van der Waals surface area contributed by atoms with E-state index in [0.29, 0.717) is 12.2 Å². The molecule has 3 N–H and O–H groups in total. The maximum atomic E-state index is 8.54. The van der Waals surface area contributed by atoms with Crippen molar-refractivity contribution >= 4 is 5.84 Å². The van der Waals surface area contributed by atoms with Crippen LogP contribution in [0.2, 0.25) is 0 Å². The van der Waals surface area contributed by atoms with Crippen molar-refractivity contribution in [1.29, 1.82) is 0 Å². The standard InChI is InChI=1S/C10H11N5O/c11-10(14-16)9-6-8(2-4-12-9)7-15-5-1-3-13-15/h1-6,16H,7H2,(H2,11,14). The third kappa shape index (κ3) is 2.17. The summed E-state index contributed by atoms with van der Waals surface area (Å²) < 4.78 is 1.78. The zero-order valence-electron chi connectivity index (χ0n) is 8.48. The maximum absolute atomic E-state index is 8.54. The lowest BCUT2D eigenvalue weighted by molar-refractivity contribution is 0.318. The molecule has 0 unspecified atom stereocenters. The van der Waals surface area contributed by atoms with Crippen molar-refractivity contribution in [2.45, 2.75) is 6.54 Å². The Morgan fingerprint density at radius 3 is 3.06 bits per heavy atom. The molecule has 82 valence electrons. The summed E-state index contributed by atoms with van der Waals surface area (Å²) in [5.41, 5.74) is 6.89. The third-order valence-electron chi connectivity index (χ3n) is 2.10. The van der Waals surface area contributed by atoms with E-state index in [-0.39, 0.29) is 5.84 Å². The number of aromatic nitrogens is 3. The first-order valence-corrected chi connectivity index (χ1v) is 4.70. The smallest absolute Gasteiger partial charge is 0.188 e. The van der Waals surface area contributed by atoms with Crippen LogP contribution in [0.1, 0.15) is 11.3 Å². The Labute approximate surface area is 92.0 Å². The van der Waals surface area contributed by atoms with E-state index < -0.39 is 0 Å². The maximum Gasteiger partial charge on any atom is 0.188 e. The Kier molecular flexibility index (Phi) is 2.81. The van der Waals surface area contributed by atoms with E-state index in [4.69, 9.17) is 10.9 Å². The van der Waals surface area contributed by atoms with Gasteiger partial charge in [0.1, 0.15) is 5.69 Å². The van der Waals surface area contributed by atoms with Crippen LogP contribution >= 0.6 is 0 Å². The van der Waals surface area contributed by atoms with Crippen molar-refractivity contribution in [2.24, 2.45) is 10.9 Å². The van der Waals surface area contributed by atoms with E-state index >= 15 is 0 Å². The first-order chi connectivity index (χ1) is 7.79. The first kappa shape index (κ1) is 10.2. The second-order valence-electron chi connectivity index (χ2n) is 3.24. The molecule has 0 aliphatic rings. The molecule has 0 aliphatic carbocycles. The average molecular weight is 217 g/mol. The fourth-order valence-corrected chi connectivity index (χ4v) is 1.34. The van der Waals surface area contributed by atoms with Gasteiger partial charge in [-0.3, -0.25) is 9.67 Å². The predicted molar refractivity (Wildman–Crippen MR) is 58.1 cm³/mol. The van der Waals surface area contributed by atoms with E-state index in [0.717, 1.165) is 5.56 Å². The van der Waals surface area contributed by atoms with Gasteiger partial charge in [-0.15, -0.1) is 0 Å². The summed E-state index contributed by atoms with van der Waals surface area (Å²) in [7, 11) is 0. The Hall–Kier alpha value is -2.37. The van der Waals surface area contributed by atoms with Gasteiger partial charge >= 0.3 is 0 Å². The Morgan fingerprint density at radius 1 is 1.50 bits per heavy atom. The van der Waals surface area contributed by atoms with Gasteiger partial charge in [0.2, 0.25) is 0 Å². The summed E-state index contributed by atoms with van der Waals surface area (Å²) in [6.07, 6.45) is 5.20. The van der Waals surface area contributed by atoms with Crippen molar-refractivity contribution < 1.29 is 5.21 Å². The van der Waals surface area contributed by atoms with Crippen LogP contribution in [0.25, 0.3) is 0 Å². The molecule has 0 bridgehead atoms. The summed E-state index contributed by atoms with van der Waals surface area (Å²) in [4.78, 5) is 3.99. The normalized spacial score (nSPS) is 11.6. The number of nitrogens with zero attached hydrogens (tertiary/aromatic N) is 4. The van der Waals surface area contributed by atoms with Crippen LogP contribution < -0.4 is 5.73 Å². The second kappa shape index (κ2) is 4.43. The lowest BCUT2D eigenvalue weighted by Gasteiger charge is -2.03. The molecular formula is C10H11N5O. The number of nitrogens with two attached hydrogens (primary N) is 1. The van der Waals surface area contributed by atoms with Gasteiger partial charge in [-0.2, -0.15) is 5.10 Å². The molecule has 0 spiro atoms. The number of oxime groups is 1. The largest absolute Gasteiger partial charge is 0.409 e. The van der Waals surface area contributed by atoms with Crippen LogP contribution in [0.15, 0.2) is 41.9 Å². The SMILES string of the molecule is NC(=NO)c1cc(Cn2cccn2)ccn1. The number of pyridine rings is 1. The van der Waals surface area contributed by atoms with Crippen LogP contribution in [0, 0.1) is 0 Å². The monoisotopic (exact) mass is 217 g/mol. The number of hydrogen-bond donors (Lipinski definition) is 2. The lowest BCUT2D eigenvalue weighted by atomic mass is 10.2. The Bertz CT molecular complexity index is 492. The van der Waals surface area contributed by atoms with Gasteiger partial charge in [0.25, 0.3) is 0 Å². The molecule has 0 saturated heterocycles. The zero-order chi connectivity index (χ0) is 11.4. The summed E-state index contributed by atoms with van der Waals surface area (Å²) >= 11 is 0. The van der Waals surface area contributed by atoms with Crippen LogP contribution in [0.4, 0.5) is 0 Å². The van der Waals surface area contributed by atoms with Gasteiger partial charge in [0, 0.05) is 18.6 Å². The Morgan fingerprint density at radius 2 is 2.38 bits per heavy atom. The highest BCUT2D eigenvalue weighted by atomic mass is 16.4.